The largest absolute Gasteiger partial charge is 0.383 e. The summed E-state index contributed by atoms with van der Waals surface area (Å²) in [7, 11) is 3.54. The van der Waals surface area contributed by atoms with Crippen LogP contribution < -0.4 is 5.32 Å². The Kier molecular flexibility index (Phi) is 12.1. The van der Waals surface area contributed by atoms with Crippen LogP contribution in [0.25, 0.3) is 0 Å². The smallest absolute Gasteiger partial charge is 0.222 e. The molecule has 2 aliphatic rings. The van der Waals surface area contributed by atoms with Gasteiger partial charge in [-0.1, -0.05) is 30.3 Å². The number of likely N-dealkylation sites (tertiary alicyclic amines) is 1. The Morgan fingerprint density at radius 3 is 2.72 bits per heavy atom. The van der Waals surface area contributed by atoms with Gasteiger partial charge in [0.2, 0.25) is 5.91 Å². The number of nitrogens with zero attached hydrogens (tertiary/aromatic N) is 2. The number of rotatable bonds is 9. The number of amides is 1. The lowest BCUT2D eigenvalue weighted by atomic mass is 9.79. The third kappa shape index (κ3) is 8.06. The number of methoxy groups -OCH3 is 1. The average molecular weight is 446 g/mol. The van der Waals surface area contributed by atoms with Crippen LogP contribution in [-0.4, -0.2) is 68.7 Å². The van der Waals surface area contributed by atoms with Crippen LogP contribution in [0.2, 0.25) is 0 Å². The van der Waals surface area contributed by atoms with Crippen LogP contribution in [0, 0.1) is 11.8 Å². The van der Waals surface area contributed by atoms with E-state index in [0.29, 0.717) is 31.5 Å². The molecule has 0 aliphatic carbocycles. The maximum absolute atomic E-state index is 12.2. The fourth-order valence-electron chi connectivity index (χ4n) is 4.60. The van der Waals surface area contributed by atoms with E-state index in [2.05, 4.69) is 40.5 Å². The maximum Gasteiger partial charge on any atom is 0.222 e. The number of benzene rings is 1. The molecule has 1 amide bonds. The van der Waals surface area contributed by atoms with Gasteiger partial charge in [-0.3, -0.25) is 9.69 Å². The summed E-state index contributed by atoms with van der Waals surface area (Å²) in [6.45, 7) is 5.83. The van der Waals surface area contributed by atoms with E-state index in [1.807, 2.05) is 7.05 Å². The molecular formula is C22H37Cl2N3O2. The zero-order chi connectivity index (χ0) is 19.1. The number of nitrogens with one attached hydrogen (secondary N) is 1. The van der Waals surface area contributed by atoms with Crippen LogP contribution in [0.5, 0.6) is 0 Å². The van der Waals surface area contributed by atoms with Gasteiger partial charge in [0.25, 0.3) is 0 Å². The zero-order valence-corrected chi connectivity index (χ0v) is 19.4. The fraction of sp³-hybridized carbons (Fsp3) is 0.682. The van der Waals surface area contributed by atoms with E-state index < -0.39 is 0 Å². The van der Waals surface area contributed by atoms with Gasteiger partial charge in [0.05, 0.1) is 6.61 Å². The highest BCUT2D eigenvalue weighted by molar-refractivity contribution is 5.85. The number of hydrogen-bond acceptors (Lipinski definition) is 4. The molecule has 3 rings (SSSR count). The quantitative estimate of drug-likeness (QED) is 0.633. The van der Waals surface area contributed by atoms with E-state index in [1.54, 1.807) is 12.0 Å². The third-order valence-corrected chi connectivity index (χ3v) is 6.09. The van der Waals surface area contributed by atoms with Gasteiger partial charge in [-0.2, -0.15) is 0 Å². The minimum Gasteiger partial charge on any atom is -0.383 e. The van der Waals surface area contributed by atoms with Crippen molar-refractivity contribution in [3.8, 4) is 0 Å². The Bertz CT molecular complexity index is 591. The van der Waals surface area contributed by atoms with Gasteiger partial charge in [0.15, 0.2) is 0 Å². The lowest BCUT2D eigenvalue weighted by molar-refractivity contribution is -0.130. The molecule has 5 nitrogen and oxygen atoms in total. The molecule has 29 heavy (non-hydrogen) atoms. The lowest BCUT2D eigenvalue weighted by Gasteiger charge is -2.46. The summed E-state index contributed by atoms with van der Waals surface area (Å²) >= 11 is 0. The van der Waals surface area contributed by atoms with Crippen molar-refractivity contribution in [2.24, 2.45) is 11.8 Å². The molecule has 2 aliphatic heterocycles. The minimum atomic E-state index is 0. The first-order chi connectivity index (χ1) is 13.2. The van der Waals surface area contributed by atoms with Crippen molar-refractivity contribution < 1.29 is 9.53 Å². The predicted octanol–water partition coefficient (Wildman–Crippen LogP) is 3.22. The number of ether oxygens (including phenoxy) is 1. The molecule has 0 saturated carbocycles. The average Bonchev–Trinajstić information content (AvgIpc) is 2.68. The van der Waals surface area contributed by atoms with E-state index in [9.17, 15) is 4.79 Å². The van der Waals surface area contributed by atoms with E-state index in [4.69, 9.17) is 4.74 Å². The number of likely N-dealkylation sites (N-methyl/N-ethyl adjacent to an activating group) is 1. The second kappa shape index (κ2) is 13.5. The summed E-state index contributed by atoms with van der Waals surface area (Å²) in [5.74, 6) is 1.71. The van der Waals surface area contributed by atoms with Gasteiger partial charge in [-0.25, -0.2) is 0 Å². The molecule has 1 aromatic carbocycles. The highest BCUT2D eigenvalue weighted by Crippen LogP contribution is 2.31. The lowest BCUT2D eigenvalue weighted by Crippen LogP contribution is -2.55. The molecule has 2 unspecified atom stereocenters. The van der Waals surface area contributed by atoms with Gasteiger partial charge < -0.3 is 15.0 Å². The molecule has 2 heterocycles. The van der Waals surface area contributed by atoms with Crippen LogP contribution in [0.4, 0.5) is 0 Å². The second-order valence-corrected chi connectivity index (χ2v) is 8.26. The Hall–Kier alpha value is -0.850. The highest BCUT2D eigenvalue weighted by Gasteiger charge is 2.36. The van der Waals surface area contributed by atoms with Crippen molar-refractivity contribution in [3.05, 3.63) is 35.9 Å². The summed E-state index contributed by atoms with van der Waals surface area (Å²) in [6.07, 6.45) is 4.04. The summed E-state index contributed by atoms with van der Waals surface area (Å²) in [5, 5.41) is 3.77. The van der Waals surface area contributed by atoms with E-state index in [-0.39, 0.29) is 30.7 Å². The normalized spacial score (nSPS) is 23.6. The van der Waals surface area contributed by atoms with Crippen molar-refractivity contribution >= 4 is 30.7 Å². The summed E-state index contributed by atoms with van der Waals surface area (Å²) in [4.78, 5) is 16.6. The standard InChI is InChI=1S/C22H35N3O2.2ClH/c1-24(11-12-27-2)22(26)10-6-9-21-20-13-19(14-23-21)16-25(17-20)15-18-7-4-3-5-8-18;;/h3-5,7-8,19-21,23H,6,9-17H2,1-2H3;2*1H/t19?,20?,21-;;/m1../s1. The number of hydrogen-bond donors (Lipinski definition) is 1. The van der Waals surface area contributed by atoms with Crippen molar-refractivity contribution in [1.82, 2.24) is 15.1 Å². The molecule has 2 bridgehead atoms. The molecular weight excluding hydrogens is 409 g/mol. The molecule has 0 aromatic heterocycles. The molecule has 7 heteroatoms. The fourth-order valence-corrected chi connectivity index (χ4v) is 4.60. The molecule has 0 spiro atoms. The Balaban J connectivity index is 0.00000210. The van der Waals surface area contributed by atoms with Crippen LogP contribution in [0.1, 0.15) is 31.2 Å². The van der Waals surface area contributed by atoms with E-state index >= 15 is 0 Å². The zero-order valence-electron chi connectivity index (χ0n) is 17.7. The molecule has 1 N–H and O–H groups in total. The Labute approximate surface area is 188 Å². The highest BCUT2D eigenvalue weighted by atomic mass is 35.5. The maximum atomic E-state index is 12.2. The predicted molar refractivity (Wildman–Crippen MR) is 123 cm³/mol. The minimum absolute atomic E-state index is 0. The molecule has 2 fully saturated rings. The molecule has 2 saturated heterocycles. The number of fused-ring (bicyclic) bond motifs is 2. The summed E-state index contributed by atoms with van der Waals surface area (Å²) < 4.78 is 5.05. The summed E-state index contributed by atoms with van der Waals surface area (Å²) in [6, 6.07) is 11.4. The second-order valence-electron chi connectivity index (χ2n) is 8.26. The van der Waals surface area contributed by atoms with Gasteiger partial charge >= 0.3 is 0 Å². The molecule has 1 aromatic rings. The van der Waals surface area contributed by atoms with Gasteiger partial charge in [0.1, 0.15) is 0 Å². The van der Waals surface area contributed by atoms with Crippen LogP contribution in [0.3, 0.4) is 0 Å². The van der Waals surface area contributed by atoms with Gasteiger partial charge in [-0.15, -0.1) is 24.8 Å². The van der Waals surface area contributed by atoms with Crippen molar-refractivity contribution in [3.63, 3.8) is 0 Å². The number of halogens is 2. The van der Waals surface area contributed by atoms with Crippen LogP contribution in [0.15, 0.2) is 30.3 Å². The van der Waals surface area contributed by atoms with Crippen LogP contribution >= 0.6 is 24.8 Å². The number of carbonyl (C=O) groups is 1. The van der Waals surface area contributed by atoms with Crippen LogP contribution in [-0.2, 0) is 16.1 Å². The number of piperidine rings is 2. The van der Waals surface area contributed by atoms with Crippen molar-refractivity contribution in [1.29, 1.82) is 0 Å². The Morgan fingerprint density at radius 1 is 1.24 bits per heavy atom. The Morgan fingerprint density at radius 2 is 2.00 bits per heavy atom. The van der Waals surface area contributed by atoms with Crippen molar-refractivity contribution in [2.45, 2.75) is 38.3 Å². The van der Waals surface area contributed by atoms with E-state index in [0.717, 1.165) is 31.8 Å². The SMILES string of the molecule is COCCN(C)C(=O)CCC[C@H]1NCC2CC1CN(Cc1ccccc1)C2.Cl.Cl. The topological polar surface area (TPSA) is 44.8 Å². The van der Waals surface area contributed by atoms with Crippen molar-refractivity contribution in [2.75, 3.05) is 46.9 Å². The van der Waals surface area contributed by atoms with Gasteiger partial charge in [-0.05, 0) is 43.2 Å². The first-order valence-corrected chi connectivity index (χ1v) is 10.4. The monoisotopic (exact) mass is 445 g/mol. The summed E-state index contributed by atoms with van der Waals surface area (Å²) in [5.41, 5.74) is 1.41. The van der Waals surface area contributed by atoms with E-state index in [1.165, 1.54) is 25.1 Å². The molecule has 3 atom stereocenters. The first-order valence-electron chi connectivity index (χ1n) is 10.4. The molecule has 0 radical (unpaired) electrons. The number of carbonyl (C=O) groups excluding carboxylic acids is 1. The first kappa shape index (κ1) is 26.2. The molecule has 166 valence electrons. The van der Waals surface area contributed by atoms with Gasteiger partial charge in [0, 0.05) is 52.8 Å². The third-order valence-electron chi connectivity index (χ3n) is 6.09.